The highest BCUT2D eigenvalue weighted by Crippen LogP contribution is 2.35. The van der Waals surface area contributed by atoms with Crippen LogP contribution >= 0.6 is 54.5 Å². The van der Waals surface area contributed by atoms with Gasteiger partial charge in [0.1, 0.15) is 47.4 Å². The number of nitriles is 3. The summed E-state index contributed by atoms with van der Waals surface area (Å²) in [6, 6.07) is 30.0. The van der Waals surface area contributed by atoms with Crippen molar-refractivity contribution in [2.45, 2.75) is 37.9 Å². The van der Waals surface area contributed by atoms with Crippen LogP contribution in [0.4, 0.5) is 30.6 Å². The van der Waals surface area contributed by atoms with Crippen molar-refractivity contribution in [1.82, 2.24) is 74.4 Å². The SMILES string of the molecule is CN(Cc1cc(C#N)nn1C)C(=O)c1ccccc1C(CF)Oc1nc(Br)cnc1N.CN1Cc2c(c(C#N)nn2C)-c2cnc(N)c(n2)OC(CF)c2ccccc2C1=O.CNCc1cc(C#N)nn1C.Nc1ncc(Br)nc1OC(CF)c1ccccc1I. The first-order valence-electron chi connectivity index (χ1n) is 26.9. The van der Waals surface area contributed by atoms with E-state index in [0.717, 1.165) is 21.4 Å². The number of benzene rings is 3. The van der Waals surface area contributed by atoms with Crippen LogP contribution in [0, 0.1) is 37.6 Å². The van der Waals surface area contributed by atoms with Gasteiger partial charge in [-0.1, -0.05) is 54.6 Å². The Morgan fingerprint density at radius 2 is 1.31 bits per heavy atom. The van der Waals surface area contributed by atoms with Crippen LogP contribution in [0.15, 0.2) is 113 Å². The molecule has 0 aliphatic carbocycles. The summed E-state index contributed by atoms with van der Waals surface area (Å²) < 4.78 is 64.6. The smallest absolute Gasteiger partial charge is 0.259 e. The zero-order valence-corrected chi connectivity index (χ0v) is 54.8. The molecule has 3 aromatic carbocycles. The number of hydrogen-bond donors (Lipinski definition) is 4. The van der Waals surface area contributed by atoms with E-state index in [1.54, 1.807) is 93.5 Å². The molecule has 0 saturated carbocycles. The molecule has 0 spiro atoms. The van der Waals surface area contributed by atoms with E-state index in [-0.39, 0.29) is 76.9 Å². The number of nitrogens with one attached hydrogen (secondary N) is 1. The van der Waals surface area contributed by atoms with E-state index in [9.17, 15) is 28.0 Å². The lowest BCUT2D eigenvalue weighted by Gasteiger charge is -2.24. The van der Waals surface area contributed by atoms with Gasteiger partial charge in [-0.3, -0.25) is 23.6 Å². The van der Waals surface area contributed by atoms with Crippen molar-refractivity contribution in [3.8, 4) is 47.1 Å². The average molecular weight is 1480 g/mol. The van der Waals surface area contributed by atoms with E-state index < -0.39 is 38.3 Å². The molecule has 91 heavy (non-hydrogen) atoms. The van der Waals surface area contributed by atoms with E-state index in [1.165, 1.54) is 37.8 Å². The van der Waals surface area contributed by atoms with E-state index >= 15 is 0 Å². The maximum atomic E-state index is 14.0. The Morgan fingerprint density at radius 3 is 1.88 bits per heavy atom. The molecule has 470 valence electrons. The first-order valence-corrected chi connectivity index (χ1v) is 29.6. The number of nitrogen functional groups attached to an aromatic ring is 3. The van der Waals surface area contributed by atoms with Gasteiger partial charge in [0.15, 0.2) is 52.8 Å². The van der Waals surface area contributed by atoms with Gasteiger partial charge in [-0.2, -0.15) is 31.1 Å². The molecule has 26 nitrogen and oxygen atoms in total. The van der Waals surface area contributed by atoms with E-state index in [2.05, 4.69) is 105 Å². The number of aryl methyl sites for hydroxylation is 3. The number of hydrogen-bond acceptors (Lipinski definition) is 21. The molecule has 2 bridgehead atoms. The highest BCUT2D eigenvalue weighted by Gasteiger charge is 2.30. The second-order valence-electron chi connectivity index (χ2n) is 19.5. The molecule has 7 N–H and O–H groups in total. The van der Waals surface area contributed by atoms with Crippen molar-refractivity contribution in [3.63, 3.8) is 0 Å². The minimum atomic E-state index is -1.11. The summed E-state index contributed by atoms with van der Waals surface area (Å²) in [7, 11) is 10.3. The van der Waals surface area contributed by atoms with Crippen LogP contribution in [0.3, 0.4) is 0 Å². The third-order valence-electron chi connectivity index (χ3n) is 13.3. The molecular formula is C59H57Br2F3IN21O5. The molecule has 3 atom stereocenters. The van der Waals surface area contributed by atoms with Gasteiger partial charge in [-0.25, -0.2) is 43.1 Å². The number of alkyl halides is 3. The number of rotatable bonds is 14. The fourth-order valence-corrected chi connectivity index (χ4v) is 10.1. The number of anilines is 3. The lowest BCUT2D eigenvalue weighted by atomic mass is 10.0. The standard InChI is InChI=1S/C20H19BrFN7O2.C20H18FN7O2.C12H10BrFIN3O.C7H10N4/c1-28(11-13-7-12(9-23)27-29(13)2)20(30)15-6-4-3-5-14(15)16(8-22)31-19-18(24)25-10-17(21)26-19;1-27-10-15-17(13(8-22)26-28(15)2)14-9-24-18(23)19(25-14)30-16(7-21)11-5-3-4-6-12(11)20(27)29;13-10-6-17-11(16)12(18-10)19-9(5-14)7-3-1-2-4-8(7)15;1-9-5-7-3-6(4-8)10-11(7)2/h3-7,10,16H,8,11H2,1-2H3,(H2,24,25);3-6,9,16H,7,10H2,1-2H3,(H2,23,24);1-4,6,9H,5H2,(H2,16,17);3,9H,5H2,1-2H3. The van der Waals surface area contributed by atoms with Crippen LogP contribution < -0.4 is 36.7 Å². The van der Waals surface area contributed by atoms with Gasteiger partial charge in [0, 0.05) is 73.2 Å². The Kier molecular flexibility index (Phi) is 24.2. The van der Waals surface area contributed by atoms with E-state index in [1.807, 2.05) is 56.6 Å². The topological polar surface area (TPSA) is 361 Å². The van der Waals surface area contributed by atoms with Gasteiger partial charge < -0.3 is 46.5 Å². The summed E-state index contributed by atoms with van der Waals surface area (Å²) in [5, 5.41) is 42.3. The van der Waals surface area contributed by atoms with Gasteiger partial charge in [-0.05, 0) is 91.8 Å². The number of fused-ring (bicyclic) bond motifs is 5. The largest absolute Gasteiger partial charge is 0.464 e. The molecule has 1 aliphatic rings. The fraction of sp³-hybridized carbons (Fsp3) is 0.254. The third-order valence-corrected chi connectivity index (χ3v) is 15.0. The van der Waals surface area contributed by atoms with Gasteiger partial charge in [-0.15, -0.1) is 0 Å². The molecule has 0 fully saturated rings. The Hall–Kier alpha value is -9.82. The second kappa shape index (κ2) is 32.1. The predicted octanol–water partition coefficient (Wildman–Crippen LogP) is 8.32. The summed E-state index contributed by atoms with van der Waals surface area (Å²) >= 11 is 8.48. The molecule has 0 radical (unpaired) electrons. The lowest BCUT2D eigenvalue weighted by molar-refractivity contribution is 0.0767. The second-order valence-corrected chi connectivity index (χ2v) is 22.2. The van der Waals surface area contributed by atoms with Crippen LogP contribution in [0.5, 0.6) is 17.6 Å². The number of aromatic nitrogens is 12. The van der Waals surface area contributed by atoms with Gasteiger partial charge in [0.25, 0.3) is 29.5 Å². The molecule has 0 saturated heterocycles. The summed E-state index contributed by atoms with van der Waals surface area (Å²) in [6.45, 7) is -1.38. The maximum Gasteiger partial charge on any atom is 0.259 e. The Bertz CT molecular complexity index is 4190. The quantitative estimate of drug-likeness (QED) is 0.0743. The van der Waals surface area contributed by atoms with E-state index in [0.29, 0.717) is 54.2 Å². The number of carbonyl (C=O) groups excluding carboxylic acids is 2. The monoisotopic (exact) mass is 1480 g/mol. The van der Waals surface area contributed by atoms with Crippen molar-refractivity contribution in [3.05, 3.63) is 178 Å². The number of amides is 2. The number of halogens is 6. The van der Waals surface area contributed by atoms with Crippen molar-refractivity contribution >= 4 is 83.7 Å². The first-order chi connectivity index (χ1) is 43.7. The molecule has 6 aromatic heterocycles. The van der Waals surface area contributed by atoms with Crippen LogP contribution in [0.1, 0.15) is 89.9 Å². The summed E-state index contributed by atoms with van der Waals surface area (Å²) in [6.07, 6.45) is 1.29. The first kappa shape index (κ1) is 68.7. The molecule has 1 aliphatic heterocycles. The molecular weight excluding hydrogens is 1430 g/mol. The normalized spacial score (nSPS) is 12.9. The van der Waals surface area contributed by atoms with Crippen LogP contribution in [0.2, 0.25) is 0 Å². The highest BCUT2D eigenvalue weighted by atomic mass is 127. The Balaban J connectivity index is 0.000000183. The molecule has 3 unspecified atom stereocenters. The molecule has 9 aromatic rings. The zero-order chi connectivity index (χ0) is 66.1. The predicted molar refractivity (Wildman–Crippen MR) is 342 cm³/mol. The van der Waals surface area contributed by atoms with Crippen molar-refractivity contribution < 1.29 is 37.0 Å². The summed E-state index contributed by atoms with van der Waals surface area (Å²) in [5.41, 5.74) is 23.3. The van der Waals surface area contributed by atoms with Crippen LogP contribution in [0.25, 0.3) is 11.3 Å². The van der Waals surface area contributed by atoms with Crippen molar-refractivity contribution in [1.29, 1.82) is 15.8 Å². The Morgan fingerprint density at radius 1 is 0.758 bits per heavy atom. The van der Waals surface area contributed by atoms with Crippen LogP contribution in [-0.2, 0) is 40.8 Å². The van der Waals surface area contributed by atoms with Gasteiger partial charge in [0.2, 0.25) is 0 Å². The van der Waals surface area contributed by atoms with Gasteiger partial charge >= 0.3 is 0 Å². The number of nitrogens with two attached hydrogens (primary N) is 3. The van der Waals surface area contributed by atoms with E-state index in [4.69, 9.17) is 41.9 Å². The zero-order valence-electron chi connectivity index (χ0n) is 49.4. The van der Waals surface area contributed by atoms with Crippen LogP contribution in [-0.4, -0.2) is 122 Å². The molecule has 2 amide bonds. The molecule has 32 heteroatoms. The highest BCUT2D eigenvalue weighted by molar-refractivity contribution is 14.1. The molecule has 10 rings (SSSR count). The van der Waals surface area contributed by atoms with Gasteiger partial charge in [0.05, 0.1) is 60.0 Å². The minimum Gasteiger partial charge on any atom is -0.464 e. The number of carbonyl (C=O) groups is 2. The third kappa shape index (κ3) is 17.1. The fourth-order valence-electron chi connectivity index (χ4n) is 8.83. The Labute approximate surface area is 550 Å². The summed E-state index contributed by atoms with van der Waals surface area (Å²) in [5.74, 6) is -0.542. The maximum absolute atomic E-state index is 14.0. The van der Waals surface area contributed by atoms with Crippen molar-refractivity contribution in [2.24, 2.45) is 21.1 Å². The minimum absolute atomic E-state index is 0.00656. The molecule has 7 heterocycles. The number of nitrogens with zero attached hydrogens (tertiary/aromatic N) is 17. The lowest BCUT2D eigenvalue weighted by Crippen LogP contribution is -2.29. The summed E-state index contributed by atoms with van der Waals surface area (Å²) in [4.78, 5) is 53.7. The number of ether oxygens (including phenoxy) is 3. The van der Waals surface area contributed by atoms with Crippen molar-refractivity contribution in [2.75, 3.05) is 58.4 Å². The average Bonchev–Trinajstić information content (AvgIpc) is 1.79.